The van der Waals surface area contributed by atoms with Crippen LogP contribution in [0.25, 0.3) is 0 Å². The molecule has 0 saturated carbocycles. The van der Waals surface area contributed by atoms with Gasteiger partial charge in [0, 0.05) is 24.2 Å². The van der Waals surface area contributed by atoms with E-state index in [1.165, 1.54) is 0 Å². The Hall–Kier alpha value is -3.31. The zero-order chi connectivity index (χ0) is 19.8. The van der Waals surface area contributed by atoms with Crippen molar-refractivity contribution in [1.29, 1.82) is 0 Å². The van der Waals surface area contributed by atoms with E-state index < -0.39 is 6.10 Å². The van der Waals surface area contributed by atoms with Crippen LogP contribution in [0.4, 0.5) is 10.5 Å². The van der Waals surface area contributed by atoms with Gasteiger partial charge in [-0.15, -0.1) is 0 Å². The fourth-order valence-corrected chi connectivity index (χ4v) is 2.97. The van der Waals surface area contributed by atoms with E-state index in [2.05, 4.69) is 22.8 Å². The van der Waals surface area contributed by atoms with Crippen molar-refractivity contribution < 1.29 is 14.6 Å². The van der Waals surface area contributed by atoms with E-state index in [1.807, 2.05) is 60.7 Å². The van der Waals surface area contributed by atoms with Crippen LogP contribution in [0.1, 0.15) is 22.8 Å². The summed E-state index contributed by atoms with van der Waals surface area (Å²) in [4.78, 5) is 12.2. The molecule has 1 atom stereocenters. The minimum atomic E-state index is -0.753. The van der Waals surface area contributed by atoms with Gasteiger partial charge in [0.2, 0.25) is 0 Å². The molecule has 0 aliphatic carbocycles. The van der Waals surface area contributed by atoms with Crippen molar-refractivity contribution in [3.8, 4) is 5.75 Å². The minimum absolute atomic E-state index is 0.128. The molecule has 0 bridgehead atoms. The third-order valence-electron chi connectivity index (χ3n) is 4.42. The Morgan fingerprint density at radius 3 is 2.36 bits per heavy atom. The molecule has 1 unspecified atom stereocenters. The molecule has 5 nitrogen and oxygen atoms in total. The van der Waals surface area contributed by atoms with E-state index in [4.69, 9.17) is 4.74 Å². The van der Waals surface area contributed by atoms with Crippen molar-refractivity contribution in [2.75, 3.05) is 19.0 Å². The van der Waals surface area contributed by atoms with Crippen LogP contribution in [0.15, 0.2) is 78.9 Å². The Morgan fingerprint density at radius 2 is 1.68 bits per heavy atom. The molecular formula is C23H24N2O3. The van der Waals surface area contributed by atoms with Crippen molar-refractivity contribution in [2.45, 2.75) is 12.5 Å². The van der Waals surface area contributed by atoms with Crippen LogP contribution in [0.3, 0.4) is 0 Å². The molecule has 0 saturated heterocycles. The first-order valence-corrected chi connectivity index (χ1v) is 9.14. The largest absolute Gasteiger partial charge is 0.496 e. The van der Waals surface area contributed by atoms with Gasteiger partial charge in [-0.05, 0) is 29.3 Å². The van der Waals surface area contributed by atoms with E-state index in [9.17, 15) is 9.90 Å². The van der Waals surface area contributed by atoms with Crippen LogP contribution < -0.4 is 15.4 Å². The number of aliphatic hydroxyl groups excluding tert-OH is 1. The lowest BCUT2D eigenvalue weighted by atomic mass is 10.0. The highest BCUT2D eigenvalue weighted by Gasteiger charge is 2.11. The molecule has 3 N–H and O–H groups in total. The number of carbonyl (C=O) groups is 1. The Bertz CT molecular complexity index is 898. The van der Waals surface area contributed by atoms with Crippen LogP contribution >= 0.6 is 0 Å². The van der Waals surface area contributed by atoms with Gasteiger partial charge in [0.1, 0.15) is 5.75 Å². The lowest BCUT2D eigenvalue weighted by Gasteiger charge is -2.14. The van der Waals surface area contributed by atoms with Crippen molar-refractivity contribution in [3.63, 3.8) is 0 Å². The maximum absolute atomic E-state index is 12.2. The number of hydrogen-bond donors (Lipinski definition) is 3. The lowest BCUT2D eigenvalue weighted by Crippen LogP contribution is -2.32. The average molecular weight is 376 g/mol. The van der Waals surface area contributed by atoms with E-state index in [-0.39, 0.29) is 12.6 Å². The number of nitrogens with one attached hydrogen (secondary N) is 2. The molecule has 28 heavy (non-hydrogen) atoms. The summed E-state index contributed by atoms with van der Waals surface area (Å²) in [6.45, 7) is 0.128. The number of methoxy groups -OCH3 is 1. The van der Waals surface area contributed by atoms with Crippen LogP contribution in [0.5, 0.6) is 5.75 Å². The number of benzene rings is 3. The molecule has 0 aliphatic rings. The van der Waals surface area contributed by atoms with Gasteiger partial charge < -0.3 is 20.5 Å². The molecule has 0 spiro atoms. The molecule has 3 aromatic carbocycles. The van der Waals surface area contributed by atoms with Crippen LogP contribution in [0, 0.1) is 0 Å². The van der Waals surface area contributed by atoms with Gasteiger partial charge in [0.05, 0.1) is 13.2 Å². The molecule has 3 rings (SSSR count). The third-order valence-corrected chi connectivity index (χ3v) is 4.42. The zero-order valence-electron chi connectivity index (χ0n) is 15.8. The summed E-state index contributed by atoms with van der Waals surface area (Å²) in [5, 5.41) is 15.7. The second-order valence-electron chi connectivity index (χ2n) is 6.45. The number of ether oxygens (including phenoxy) is 1. The van der Waals surface area contributed by atoms with E-state index >= 15 is 0 Å². The molecule has 0 aliphatic heterocycles. The molecule has 3 aromatic rings. The maximum Gasteiger partial charge on any atom is 0.319 e. The van der Waals surface area contributed by atoms with Crippen molar-refractivity contribution in [3.05, 3.63) is 95.6 Å². The molecule has 144 valence electrons. The van der Waals surface area contributed by atoms with Gasteiger partial charge >= 0.3 is 6.03 Å². The van der Waals surface area contributed by atoms with Gasteiger partial charge in [-0.2, -0.15) is 0 Å². The molecule has 2 amide bonds. The van der Waals surface area contributed by atoms with Crippen molar-refractivity contribution >= 4 is 11.7 Å². The van der Waals surface area contributed by atoms with E-state index in [1.54, 1.807) is 13.2 Å². The maximum atomic E-state index is 12.2. The first-order valence-electron chi connectivity index (χ1n) is 9.14. The molecular weight excluding hydrogens is 352 g/mol. The third kappa shape index (κ3) is 5.34. The number of rotatable bonds is 7. The van der Waals surface area contributed by atoms with E-state index in [0.29, 0.717) is 12.1 Å². The summed E-state index contributed by atoms with van der Waals surface area (Å²) in [6.07, 6.45) is -0.0510. The summed E-state index contributed by atoms with van der Waals surface area (Å²) in [5.41, 5.74) is 3.57. The monoisotopic (exact) mass is 376 g/mol. The van der Waals surface area contributed by atoms with Crippen LogP contribution in [-0.4, -0.2) is 24.8 Å². The van der Waals surface area contributed by atoms with E-state index in [0.717, 1.165) is 22.4 Å². The highest BCUT2D eigenvalue weighted by molar-refractivity contribution is 5.89. The Balaban J connectivity index is 1.61. The highest BCUT2D eigenvalue weighted by Crippen LogP contribution is 2.25. The zero-order valence-corrected chi connectivity index (χ0v) is 15.8. The number of carbonyl (C=O) groups excluding carboxylic acids is 1. The predicted molar refractivity (Wildman–Crippen MR) is 111 cm³/mol. The number of amides is 2. The predicted octanol–water partition coefficient (Wildman–Crippen LogP) is 4.14. The Kier molecular flexibility index (Phi) is 6.65. The number of anilines is 1. The normalized spacial score (nSPS) is 11.5. The second kappa shape index (κ2) is 9.58. The lowest BCUT2D eigenvalue weighted by molar-refractivity contribution is 0.175. The summed E-state index contributed by atoms with van der Waals surface area (Å²) in [5.74, 6) is 0.773. The number of hydrogen-bond acceptors (Lipinski definition) is 3. The quantitative estimate of drug-likeness (QED) is 0.580. The molecule has 0 radical (unpaired) electrons. The molecule has 0 heterocycles. The van der Waals surface area contributed by atoms with Crippen molar-refractivity contribution in [2.24, 2.45) is 0 Å². The van der Waals surface area contributed by atoms with Gasteiger partial charge in [0.15, 0.2) is 0 Å². The molecule has 5 heteroatoms. The summed E-state index contributed by atoms with van der Waals surface area (Å²) < 4.78 is 5.44. The van der Waals surface area contributed by atoms with Gasteiger partial charge in [-0.3, -0.25) is 0 Å². The first-order chi connectivity index (χ1) is 13.7. The fourth-order valence-electron chi connectivity index (χ4n) is 2.97. The highest BCUT2D eigenvalue weighted by atomic mass is 16.5. The standard InChI is InChI=1S/C23H24N2O3/c1-28-22-13-12-20(15-19(22)14-17-8-4-2-5-9-17)25-23(27)24-16-21(26)18-10-6-3-7-11-18/h2-13,15,21,26H,14,16H2,1H3,(H2,24,25,27). The van der Waals surface area contributed by atoms with Crippen LogP contribution in [-0.2, 0) is 6.42 Å². The summed E-state index contributed by atoms with van der Waals surface area (Å²) in [7, 11) is 1.63. The average Bonchev–Trinajstić information content (AvgIpc) is 2.73. The van der Waals surface area contributed by atoms with Gasteiger partial charge in [-0.1, -0.05) is 60.7 Å². The number of urea groups is 1. The van der Waals surface area contributed by atoms with Crippen molar-refractivity contribution in [1.82, 2.24) is 5.32 Å². The van der Waals surface area contributed by atoms with Gasteiger partial charge in [0.25, 0.3) is 0 Å². The van der Waals surface area contributed by atoms with Gasteiger partial charge in [-0.25, -0.2) is 4.79 Å². The van der Waals surface area contributed by atoms with Crippen LogP contribution in [0.2, 0.25) is 0 Å². The number of aliphatic hydroxyl groups is 1. The fraction of sp³-hybridized carbons (Fsp3) is 0.174. The topological polar surface area (TPSA) is 70.6 Å². The Morgan fingerprint density at radius 1 is 1.00 bits per heavy atom. The molecule has 0 fully saturated rings. The molecule has 0 aromatic heterocycles. The SMILES string of the molecule is COc1ccc(NC(=O)NCC(O)c2ccccc2)cc1Cc1ccccc1. The Labute approximate surface area is 165 Å². The minimum Gasteiger partial charge on any atom is -0.496 e. The summed E-state index contributed by atoms with van der Waals surface area (Å²) >= 11 is 0. The summed E-state index contributed by atoms with van der Waals surface area (Å²) in [6, 6.07) is 24.5. The first kappa shape index (κ1) is 19.5. The second-order valence-corrected chi connectivity index (χ2v) is 6.45. The smallest absolute Gasteiger partial charge is 0.319 e.